The van der Waals surface area contributed by atoms with Crippen LogP contribution in [0.2, 0.25) is 0 Å². The van der Waals surface area contributed by atoms with Gasteiger partial charge in [-0.05, 0) is 23.8 Å². The molecule has 1 aromatic carbocycles. The number of carboxylic acids is 1. The quantitative estimate of drug-likeness (QED) is 0.795. The van der Waals surface area contributed by atoms with Gasteiger partial charge in [-0.25, -0.2) is 4.79 Å². The van der Waals surface area contributed by atoms with Crippen molar-refractivity contribution < 1.29 is 24.2 Å². The molecule has 2 N–H and O–H groups in total. The highest BCUT2D eigenvalue weighted by atomic mass is 16.5. The van der Waals surface area contributed by atoms with Gasteiger partial charge in [-0.15, -0.1) is 0 Å². The minimum Gasteiger partial charge on any atom is -0.482 e. The Morgan fingerprint density at radius 1 is 1.37 bits per heavy atom. The lowest BCUT2D eigenvalue weighted by Gasteiger charge is -2.04. The fraction of sp³-hybridized carbons (Fsp3) is 0.231. The molecule has 0 saturated carbocycles. The van der Waals surface area contributed by atoms with Crippen LogP contribution < -0.4 is 4.74 Å². The first-order valence-corrected chi connectivity index (χ1v) is 5.61. The van der Waals surface area contributed by atoms with Crippen molar-refractivity contribution in [3.05, 3.63) is 30.0 Å². The van der Waals surface area contributed by atoms with Crippen LogP contribution in [-0.4, -0.2) is 35.7 Å². The number of methoxy groups -OCH3 is 1. The van der Waals surface area contributed by atoms with E-state index in [9.17, 15) is 9.59 Å². The molecule has 19 heavy (non-hydrogen) atoms. The number of hydrogen-bond acceptors (Lipinski definition) is 4. The van der Waals surface area contributed by atoms with E-state index >= 15 is 0 Å². The second-order valence-corrected chi connectivity index (χ2v) is 3.96. The minimum atomic E-state index is -1.04. The first-order valence-electron chi connectivity index (χ1n) is 5.61. The molecule has 6 heteroatoms. The van der Waals surface area contributed by atoms with E-state index in [4.69, 9.17) is 9.84 Å². The second kappa shape index (κ2) is 5.43. The zero-order valence-electron chi connectivity index (χ0n) is 10.3. The Morgan fingerprint density at radius 2 is 2.16 bits per heavy atom. The summed E-state index contributed by atoms with van der Waals surface area (Å²) in [6.07, 6.45) is 1.88. The smallest absolute Gasteiger partial charge is 0.341 e. The van der Waals surface area contributed by atoms with E-state index < -0.39 is 12.6 Å². The zero-order chi connectivity index (χ0) is 13.8. The molecule has 0 fully saturated rings. The van der Waals surface area contributed by atoms with E-state index in [0.29, 0.717) is 5.75 Å². The minimum absolute atomic E-state index is 0.152. The van der Waals surface area contributed by atoms with Gasteiger partial charge in [0.25, 0.3) is 0 Å². The second-order valence-electron chi connectivity index (χ2n) is 3.96. The Balaban J connectivity index is 2.26. The number of carboxylic acid groups (broad SMARTS) is 1. The van der Waals surface area contributed by atoms with E-state index in [1.807, 2.05) is 0 Å². The fourth-order valence-corrected chi connectivity index (χ4v) is 1.77. The van der Waals surface area contributed by atoms with Gasteiger partial charge in [-0.2, -0.15) is 0 Å². The molecule has 6 nitrogen and oxygen atoms in total. The molecule has 100 valence electrons. The van der Waals surface area contributed by atoms with E-state index in [0.717, 1.165) is 16.5 Å². The van der Waals surface area contributed by atoms with Crippen molar-refractivity contribution >= 4 is 22.8 Å². The number of carbonyl (C=O) groups excluding carboxylic acids is 1. The standard InChI is InChI=1S/C13H13NO5/c1-18-13(17)4-8-6-14-11-3-2-9(5-10(8)11)19-7-12(15)16/h2-3,5-6,14H,4,7H2,1H3,(H,15,16). The lowest BCUT2D eigenvalue weighted by Crippen LogP contribution is -2.09. The Labute approximate surface area is 108 Å². The number of rotatable bonds is 5. The predicted octanol–water partition coefficient (Wildman–Crippen LogP) is 1.35. The van der Waals surface area contributed by atoms with E-state index in [2.05, 4.69) is 9.72 Å². The van der Waals surface area contributed by atoms with Crippen LogP contribution in [0.3, 0.4) is 0 Å². The molecule has 0 bridgehead atoms. The molecule has 0 saturated heterocycles. The van der Waals surface area contributed by atoms with Crippen LogP contribution in [0, 0.1) is 0 Å². The maximum Gasteiger partial charge on any atom is 0.341 e. The van der Waals surface area contributed by atoms with E-state index in [-0.39, 0.29) is 12.4 Å². The van der Waals surface area contributed by atoms with E-state index in [1.165, 1.54) is 7.11 Å². The third-order valence-electron chi connectivity index (χ3n) is 2.66. The maximum atomic E-state index is 11.3. The molecular formula is C13H13NO5. The van der Waals surface area contributed by atoms with Gasteiger partial charge < -0.3 is 19.6 Å². The SMILES string of the molecule is COC(=O)Cc1c[nH]c2ccc(OCC(=O)O)cc12. The summed E-state index contributed by atoms with van der Waals surface area (Å²) in [5.74, 6) is -0.928. The summed E-state index contributed by atoms with van der Waals surface area (Å²) in [5, 5.41) is 9.37. The number of aliphatic carboxylic acids is 1. The molecule has 1 aromatic heterocycles. The first-order chi connectivity index (χ1) is 9.10. The summed E-state index contributed by atoms with van der Waals surface area (Å²) < 4.78 is 9.72. The molecule has 2 aromatic rings. The number of esters is 1. The lowest BCUT2D eigenvalue weighted by atomic mass is 10.1. The highest BCUT2D eigenvalue weighted by Gasteiger charge is 2.10. The number of hydrogen-bond donors (Lipinski definition) is 2. The summed E-state index contributed by atoms with van der Waals surface area (Å²) in [4.78, 5) is 24.8. The van der Waals surface area contributed by atoms with Crippen molar-refractivity contribution in [3.63, 3.8) is 0 Å². The molecule has 1 heterocycles. The summed E-state index contributed by atoms with van der Waals surface area (Å²) >= 11 is 0. The summed E-state index contributed by atoms with van der Waals surface area (Å²) in [5.41, 5.74) is 1.63. The number of ether oxygens (including phenoxy) is 2. The van der Waals surface area contributed by atoms with Crippen molar-refractivity contribution in [1.29, 1.82) is 0 Å². The van der Waals surface area contributed by atoms with Crippen LogP contribution in [-0.2, 0) is 20.7 Å². The molecule has 0 amide bonds. The predicted molar refractivity (Wildman–Crippen MR) is 67.1 cm³/mol. The topological polar surface area (TPSA) is 88.6 Å². The molecule has 0 spiro atoms. The summed E-state index contributed by atoms with van der Waals surface area (Å²) in [7, 11) is 1.33. The molecule has 0 aliphatic rings. The van der Waals surface area contributed by atoms with E-state index in [1.54, 1.807) is 24.4 Å². The Kier molecular flexibility index (Phi) is 3.70. The third kappa shape index (κ3) is 3.04. The number of nitrogens with one attached hydrogen (secondary N) is 1. The van der Waals surface area contributed by atoms with Gasteiger partial charge in [0.05, 0.1) is 13.5 Å². The van der Waals surface area contributed by atoms with Gasteiger partial charge in [-0.1, -0.05) is 0 Å². The van der Waals surface area contributed by atoms with Gasteiger partial charge in [-0.3, -0.25) is 4.79 Å². The van der Waals surface area contributed by atoms with Gasteiger partial charge in [0.1, 0.15) is 5.75 Å². The molecule has 2 rings (SSSR count). The fourth-order valence-electron chi connectivity index (χ4n) is 1.77. The average molecular weight is 263 g/mol. The Bertz CT molecular complexity index is 617. The number of aromatic amines is 1. The van der Waals surface area contributed by atoms with Crippen LogP contribution in [0.4, 0.5) is 0 Å². The number of fused-ring (bicyclic) bond motifs is 1. The van der Waals surface area contributed by atoms with Crippen LogP contribution in [0.25, 0.3) is 10.9 Å². The Hall–Kier alpha value is -2.50. The van der Waals surface area contributed by atoms with Gasteiger partial charge in [0, 0.05) is 17.1 Å². The van der Waals surface area contributed by atoms with Gasteiger partial charge >= 0.3 is 11.9 Å². The first kappa shape index (κ1) is 12.9. The van der Waals surface area contributed by atoms with Crippen molar-refractivity contribution in [1.82, 2.24) is 4.98 Å². The monoisotopic (exact) mass is 263 g/mol. The largest absolute Gasteiger partial charge is 0.482 e. The summed E-state index contributed by atoms with van der Waals surface area (Å²) in [6.45, 7) is -0.401. The zero-order valence-corrected chi connectivity index (χ0v) is 10.3. The van der Waals surface area contributed by atoms with Crippen molar-refractivity contribution in [2.24, 2.45) is 0 Å². The highest BCUT2D eigenvalue weighted by Crippen LogP contribution is 2.24. The number of benzene rings is 1. The third-order valence-corrected chi connectivity index (χ3v) is 2.66. The van der Waals surface area contributed by atoms with Crippen LogP contribution >= 0.6 is 0 Å². The normalized spacial score (nSPS) is 10.4. The molecule has 0 aliphatic carbocycles. The Morgan fingerprint density at radius 3 is 2.84 bits per heavy atom. The molecular weight excluding hydrogens is 250 g/mol. The number of carbonyl (C=O) groups is 2. The van der Waals surface area contributed by atoms with Crippen molar-refractivity contribution in [3.8, 4) is 5.75 Å². The van der Waals surface area contributed by atoms with Crippen LogP contribution in [0.5, 0.6) is 5.75 Å². The van der Waals surface area contributed by atoms with Crippen molar-refractivity contribution in [2.75, 3.05) is 13.7 Å². The lowest BCUT2D eigenvalue weighted by molar-refractivity contribution is -0.140. The summed E-state index contributed by atoms with van der Waals surface area (Å²) in [6, 6.07) is 5.14. The van der Waals surface area contributed by atoms with Gasteiger partial charge in [0.2, 0.25) is 0 Å². The van der Waals surface area contributed by atoms with Crippen molar-refractivity contribution in [2.45, 2.75) is 6.42 Å². The maximum absolute atomic E-state index is 11.3. The molecule has 0 radical (unpaired) electrons. The van der Waals surface area contributed by atoms with Crippen LogP contribution in [0.1, 0.15) is 5.56 Å². The van der Waals surface area contributed by atoms with Crippen LogP contribution in [0.15, 0.2) is 24.4 Å². The number of H-pyrrole nitrogens is 1. The highest BCUT2D eigenvalue weighted by molar-refractivity contribution is 5.88. The molecule has 0 unspecified atom stereocenters. The van der Waals surface area contributed by atoms with Gasteiger partial charge in [0.15, 0.2) is 6.61 Å². The average Bonchev–Trinajstić information content (AvgIpc) is 2.79. The molecule has 0 atom stereocenters. The number of aromatic nitrogens is 1. The molecule has 0 aliphatic heterocycles.